The Morgan fingerprint density at radius 3 is 1.56 bits per heavy atom. The average Bonchev–Trinajstić information content (AvgIpc) is 2.15. The van der Waals surface area contributed by atoms with Gasteiger partial charge in [-0.3, -0.25) is 4.79 Å². The molecule has 0 rings (SSSR count). The summed E-state index contributed by atoms with van der Waals surface area (Å²) in [5, 5.41) is -0.450. The molecule has 0 aromatic heterocycles. The van der Waals surface area contributed by atoms with Crippen LogP contribution in [0.1, 0.15) is 40.5 Å². The lowest BCUT2D eigenvalue weighted by molar-refractivity contribution is -0.114. The van der Waals surface area contributed by atoms with E-state index in [2.05, 4.69) is 4.74 Å². The fourth-order valence-electron chi connectivity index (χ4n) is 0.713. The smallest absolute Gasteiger partial charge is 0.404 e. The zero-order valence-corrected chi connectivity index (χ0v) is 12.1. The van der Waals surface area contributed by atoms with Gasteiger partial charge in [-0.15, -0.1) is 11.6 Å². The van der Waals surface area contributed by atoms with Crippen molar-refractivity contribution in [3.63, 3.8) is 0 Å². The minimum atomic E-state index is -0.818. The van der Waals surface area contributed by atoms with E-state index in [-0.39, 0.29) is 6.10 Å². The lowest BCUT2D eigenvalue weighted by Gasteiger charge is -2.17. The molecule has 0 amide bonds. The number of hydrogen-bond acceptors (Lipinski definition) is 3. The van der Waals surface area contributed by atoms with Crippen LogP contribution in [0.5, 0.6) is 0 Å². The Hall–Kier alpha value is 0.01000. The van der Waals surface area contributed by atoms with Crippen molar-refractivity contribution in [3.05, 3.63) is 0 Å². The summed E-state index contributed by atoms with van der Waals surface area (Å²) in [6.07, 6.45) is 1.07. The molecule has 3 nitrogen and oxygen atoms in total. The lowest BCUT2D eigenvalue weighted by Crippen LogP contribution is -2.26. The third-order valence-corrected chi connectivity index (χ3v) is 3.06. The molecule has 6 heteroatoms. The molecule has 0 fully saturated rings. The van der Waals surface area contributed by atoms with Crippen LogP contribution in [0.25, 0.3) is 0 Å². The molecule has 0 aromatic carbocycles. The van der Waals surface area contributed by atoms with Crippen LogP contribution in [-0.4, -0.2) is 21.6 Å². The summed E-state index contributed by atoms with van der Waals surface area (Å²) in [5.74, 6) is 0. The van der Waals surface area contributed by atoms with Crippen molar-refractivity contribution in [1.29, 1.82) is 0 Å². The highest BCUT2D eigenvalue weighted by Gasteiger charge is 2.29. The van der Waals surface area contributed by atoms with Gasteiger partial charge in [0, 0.05) is 11.6 Å². The van der Waals surface area contributed by atoms with Crippen LogP contribution in [-0.2, 0) is 9.53 Å². The van der Waals surface area contributed by atoms with Gasteiger partial charge in [-0.1, -0.05) is 13.8 Å². The maximum atomic E-state index is 10.6. The maximum absolute atomic E-state index is 10.6. The van der Waals surface area contributed by atoms with Gasteiger partial charge in [-0.25, -0.2) is 4.79 Å². The summed E-state index contributed by atoms with van der Waals surface area (Å²) < 4.78 is 4.38. The Morgan fingerprint density at radius 1 is 1.19 bits per heavy atom. The van der Waals surface area contributed by atoms with E-state index < -0.39 is 15.5 Å². The zero-order valence-electron chi connectivity index (χ0n) is 9.85. The molecule has 0 aliphatic rings. The molecular formula is C10H17Cl3O3. The highest BCUT2D eigenvalue weighted by Crippen LogP contribution is 2.26. The Labute approximate surface area is 111 Å². The van der Waals surface area contributed by atoms with Crippen LogP contribution in [0, 0.1) is 0 Å². The van der Waals surface area contributed by atoms with Crippen molar-refractivity contribution in [2.75, 3.05) is 0 Å². The molecule has 0 unspecified atom stereocenters. The molecule has 0 saturated carbocycles. The fourth-order valence-corrected chi connectivity index (χ4v) is 1.16. The Morgan fingerprint density at radius 2 is 1.56 bits per heavy atom. The third kappa shape index (κ3) is 9.25. The highest BCUT2D eigenvalue weighted by molar-refractivity contribution is 6.70. The van der Waals surface area contributed by atoms with Gasteiger partial charge in [0.1, 0.15) is 4.87 Å². The predicted molar refractivity (Wildman–Crippen MR) is 67.5 cm³/mol. The molecular weight excluding hydrogens is 274 g/mol. The largest absolute Gasteiger partial charge is 0.451 e. The van der Waals surface area contributed by atoms with E-state index >= 15 is 0 Å². The van der Waals surface area contributed by atoms with E-state index in [1.165, 1.54) is 0 Å². The number of carbonyl (C=O) groups excluding carboxylic acids is 2. The summed E-state index contributed by atoms with van der Waals surface area (Å²) in [5.41, 5.74) is -0.741. The number of ether oxygens (including phenoxy) is 1. The summed E-state index contributed by atoms with van der Waals surface area (Å²) >= 11 is 15.8. The van der Waals surface area contributed by atoms with E-state index in [1.54, 1.807) is 13.8 Å². The van der Waals surface area contributed by atoms with E-state index in [4.69, 9.17) is 34.8 Å². The van der Waals surface area contributed by atoms with Gasteiger partial charge in [0.05, 0.1) is 6.10 Å². The average molecular weight is 292 g/mol. The SMILES string of the molecule is CC(C)OC(=O)Cl.CCC(Cl)(CC)C(=O)Cl. The molecule has 0 atom stereocenters. The number of rotatable bonds is 4. The third-order valence-electron chi connectivity index (χ3n) is 1.80. The van der Waals surface area contributed by atoms with Crippen molar-refractivity contribution < 1.29 is 14.3 Å². The second kappa shape index (κ2) is 9.08. The zero-order chi connectivity index (χ0) is 13.4. The first-order valence-electron chi connectivity index (χ1n) is 4.94. The summed E-state index contributed by atoms with van der Waals surface area (Å²) in [6, 6.07) is 0. The number of carbonyl (C=O) groups is 2. The van der Waals surface area contributed by atoms with Gasteiger partial charge in [-0.05, 0) is 38.3 Å². The Balaban J connectivity index is 0. The maximum Gasteiger partial charge on any atom is 0.404 e. The molecule has 96 valence electrons. The Kier molecular flexibility index (Phi) is 10.4. The van der Waals surface area contributed by atoms with Crippen molar-refractivity contribution in [2.24, 2.45) is 0 Å². The molecule has 0 saturated heterocycles. The first kappa shape index (κ1) is 18.4. The molecule has 0 radical (unpaired) electrons. The van der Waals surface area contributed by atoms with Crippen LogP contribution < -0.4 is 0 Å². The van der Waals surface area contributed by atoms with E-state index in [1.807, 2.05) is 13.8 Å². The normalized spacial score (nSPS) is 10.5. The van der Waals surface area contributed by atoms with Gasteiger partial charge in [0.2, 0.25) is 5.24 Å². The predicted octanol–water partition coefficient (Wildman–Crippen LogP) is 4.32. The standard InChI is InChI=1S/C6H10Cl2O.C4H7ClO2/c1-3-6(8,4-2)5(7)9;1-3(2)7-4(5)6/h3-4H2,1-2H3;3H,1-2H3. The second-order valence-corrected chi connectivity index (χ2v) is 4.73. The molecule has 0 spiro atoms. The van der Waals surface area contributed by atoms with Gasteiger partial charge in [0.15, 0.2) is 0 Å². The van der Waals surface area contributed by atoms with Crippen LogP contribution >= 0.6 is 34.8 Å². The van der Waals surface area contributed by atoms with Crippen molar-refractivity contribution in [2.45, 2.75) is 51.5 Å². The van der Waals surface area contributed by atoms with Crippen LogP contribution in [0.15, 0.2) is 0 Å². The van der Waals surface area contributed by atoms with Crippen LogP contribution in [0.3, 0.4) is 0 Å². The van der Waals surface area contributed by atoms with Crippen LogP contribution in [0.4, 0.5) is 4.79 Å². The van der Waals surface area contributed by atoms with Gasteiger partial charge in [-0.2, -0.15) is 0 Å². The molecule has 0 N–H and O–H groups in total. The Bertz CT molecular complexity index is 225. The summed E-state index contributed by atoms with van der Waals surface area (Å²) in [7, 11) is 0. The van der Waals surface area contributed by atoms with Gasteiger partial charge >= 0.3 is 5.43 Å². The topological polar surface area (TPSA) is 43.4 Å². The van der Waals surface area contributed by atoms with E-state index in [0.717, 1.165) is 0 Å². The van der Waals surface area contributed by atoms with E-state index in [9.17, 15) is 9.59 Å². The summed E-state index contributed by atoms with van der Waals surface area (Å²) in [4.78, 5) is 19.5. The number of halogens is 3. The summed E-state index contributed by atoms with van der Waals surface area (Å²) in [6.45, 7) is 7.16. The highest BCUT2D eigenvalue weighted by atomic mass is 35.5. The molecule has 0 bridgehead atoms. The number of alkyl halides is 1. The van der Waals surface area contributed by atoms with E-state index in [0.29, 0.717) is 12.8 Å². The molecule has 16 heavy (non-hydrogen) atoms. The minimum absolute atomic E-state index is 0.106. The van der Waals surface area contributed by atoms with Crippen molar-refractivity contribution in [3.8, 4) is 0 Å². The van der Waals surface area contributed by atoms with Crippen molar-refractivity contribution in [1.82, 2.24) is 0 Å². The quantitative estimate of drug-likeness (QED) is 0.572. The number of hydrogen-bond donors (Lipinski definition) is 0. The molecule has 0 heterocycles. The second-order valence-electron chi connectivity index (χ2n) is 3.35. The fraction of sp³-hybridized carbons (Fsp3) is 0.800. The molecule has 0 aromatic rings. The van der Waals surface area contributed by atoms with Gasteiger partial charge in [0.25, 0.3) is 0 Å². The lowest BCUT2D eigenvalue weighted by atomic mass is 10.1. The molecule has 0 aliphatic carbocycles. The monoisotopic (exact) mass is 290 g/mol. The minimum Gasteiger partial charge on any atom is -0.451 e. The molecule has 0 aliphatic heterocycles. The van der Waals surface area contributed by atoms with Gasteiger partial charge < -0.3 is 4.74 Å². The first-order valence-corrected chi connectivity index (χ1v) is 6.07. The first-order chi connectivity index (χ1) is 7.19. The van der Waals surface area contributed by atoms with Crippen LogP contribution in [0.2, 0.25) is 0 Å². The van der Waals surface area contributed by atoms with Crippen molar-refractivity contribution >= 4 is 45.5 Å².